The van der Waals surface area contributed by atoms with Crippen LogP contribution in [0, 0.1) is 19.8 Å². The second kappa shape index (κ2) is 7.80. The number of carbonyl (C=O) groups is 2. The zero-order valence-corrected chi connectivity index (χ0v) is 18.0. The fraction of sp³-hybridized carbons (Fsp3) is 0.417. The highest BCUT2D eigenvalue weighted by atomic mass is 16.2. The molecule has 5 rings (SSSR count). The van der Waals surface area contributed by atoms with E-state index >= 15 is 0 Å². The van der Waals surface area contributed by atoms with Crippen LogP contribution in [0.25, 0.3) is 5.65 Å². The minimum Gasteiger partial charge on any atom is -0.342 e. The van der Waals surface area contributed by atoms with Gasteiger partial charge in [0.2, 0.25) is 11.8 Å². The Morgan fingerprint density at radius 3 is 2.68 bits per heavy atom. The molecule has 0 bridgehead atoms. The third kappa shape index (κ3) is 3.69. The molecule has 0 unspecified atom stereocenters. The van der Waals surface area contributed by atoms with E-state index < -0.39 is 0 Å². The number of hydrogen-bond donors (Lipinski definition) is 0. The predicted molar refractivity (Wildman–Crippen MR) is 118 cm³/mol. The molecule has 3 aromatic rings. The van der Waals surface area contributed by atoms with Crippen molar-refractivity contribution in [2.45, 2.75) is 39.0 Å². The number of benzene rings is 1. The SMILES string of the molecule is Cc1cc(C)cc(N2C[C@H](C(=O)N3CCC[C@@H](c4nnc5ccccn45)C3)CC2=O)c1. The van der Waals surface area contributed by atoms with Crippen molar-refractivity contribution in [3.63, 3.8) is 0 Å². The maximum Gasteiger partial charge on any atom is 0.228 e. The van der Waals surface area contributed by atoms with E-state index in [1.807, 2.05) is 59.7 Å². The van der Waals surface area contributed by atoms with Crippen molar-refractivity contribution in [2.75, 3.05) is 24.5 Å². The van der Waals surface area contributed by atoms with E-state index in [1.165, 1.54) is 0 Å². The molecule has 0 N–H and O–H groups in total. The Hall–Kier alpha value is -3.22. The van der Waals surface area contributed by atoms with Gasteiger partial charge in [0, 0.05) is 43.9 Å². The molecule has 4 heterocycles. The summed E-state index contributed by atoms with van der Waals surface area (Å²) in [5, 5.41) is 8.67. The number of pyridine rings is 1. The number of nitrogens with zero attached hydrogens (tertiary/aromatic N) is 5. The third-order valence-corrected chi connectivity index (χ3v) is 6.43. The van der Waals surface area contributed by atoms with Crippen LogP contribution in [0.4, 0.5) is 5.69 Å². The summed E-state index contributed by atoms with van der Waals surface area (Å²) in [6, 6.07) is 12.0. The third-order valence-electron chi connectivity index (χ3n) is 6.43. The summed E-state index contributed by atoms with van der Waals surface area (Å²) in [5.74, 6) is 0.886. The fourth-order valence-electron chi connectivity index (χ4n) is 5.01. The van der Waals surface area contributed by atoms with Gasteiger partial charge >= 0.3 is 0 Å². The molecule has 2 atom stereocenters. The zero-order valence-electron chi connectivity index (χ0n) is 18.0. The largest absolute Gasteiger partial charge is 0.342 e. The molecular weight excluding hydrogens is 390 g/mol. The van der Waals surface area contributed by atoms with Crippen molar-refractivity contribution in [1.82, 2.24) is 19.5 Å². The van der Waals surface area contributed by atoms with Crippen LogP contribution < -0.4 is 4.90 Å². The number of piperidine rings is 1. The van der Waals surface area contributed by atoms with Gasteiger partial charge in [0.1, 0.15) is 5.82 Å². The average Bonchev–Trinajstić information content (AvgIpc) is 3.36. The molecule has 7 nitrogen and oxygen atoms in total. The number of carbonyl (C=O) groups excluding carboxylic acids is 2. The van der Waals surface area contributed by atoms with E-state index in [2.05, 4.69) is 16.3 Å². The molecule has 2 aromatic heterocycles. The van der Waals surface area contributed by atoms with Crippen LogP contribution in [0.3, 0.4) is 0 Å². The van der Waals surface area contributed by atoms with Crippen LogP contribution in [0.2, 0.25) is 0 Å². The molecular formula is C24H27N5O2. The molecule has 160 valence electrons. The summed E-state index contributed by atoms with van der Waals surface area (Å²) in [6.45, 7) is 5.88. The first-order valence-electron chi connectivity index (χ1n) is 11.0. The van der Waals surface area contributed by atoms with Crippen LogP contribution in [0.15, 0.2) is 42.6 Å². The molecule has 31 heavy (non-hydrogen) atoms. The molecule has 7 heteroatoms. The summed E-state index contributed by atoms with van der Waals surface area (Å²) in [7, 11) is 0. The maximum absolute atomic E-state index is 13.3. The van der Waals surface area contributed by atoms with Crippen LogP contribution in [-0.2, 0) is 9.59 Å². The highest BCUT2D eigenvalue weighted by molar-refractivity contribution is 6.00. The smallest absolute Gasteiger partial charge is 0.228 e. The number of rotatable bonds is 3. The first-order valence-corrected chi connectivity index (χ1v) is 11.0. The Bertz CT molecular complexity index is 1130. The molecule has 0 spiro atoms. The number of likely N-dealkylation sites (tertiary alicyclic amines) is 1. The van der Waals surface area contributed by atoms with E-state index in [0.717, 1.165) is 47.7 Å². The van der Waals surface area contributed by atoms with Gasteiger partial charge in [0.15, 0.2) is 5.65 Å². The van der Waals surface area contributed by atoms with Crippen molar-refractivity contribution in [3.05, 3.63) is 59.5 Å². The minimum absolute atomic E-state index is 0.0281. The van der Waals surface area contributed by atoms with Crippen molar-refractivity contribution < 1.29 is 9.59 Å². The molecule has 1 aromatic carbocycles. The monoisotopic (exact) mass is 417 g/mol. The summed E-state index contributed by atoms with van der Waals surface area (Å²) in [5.41, 5.74) is 3.96. The van der Waals surface area contributed by atoms with E-state index in [4.69, 9.17) is 0 Å². The van der Waals surface area contributed by atoms with Gasteiger partial charge < -0.3 is 9.80 Å². The number of fused-ring (bicyclic) bond motifs is 1. The lowest BCUT2D eigenvalue weighted by atomic mass is 9.95. The van der Waals surface area contributed by atoms with Crippen molar-refractivity contribution >= 4 is 23.1 Å². The standard InChI is InChI=1S/C24H27N5O2/c1-16-10-17(2)12-20(11-16)29-15-19(13-22(29)30)24(31)27-8-5-6-18(14-27)23-26-25-21-7-3-4-9-28(21)23/h3-4,7,9-12,18-19H,5-6,8,13-15H2,1-2H3/t18-,19-/m1/s1. The van der Waals surface area contributed by atoms with Crippen LogP contribution in [0.1, 0.15) is 42.1 Å². The van der Waals surface area contributed by atoms with E-state index in [-0.39, 0.29) is 30.1 Å². The highest BCUT2D eigenvalue weighted by Crippen LogP contribution is 2.31. The quantitative estimate of drug-likeness (QED) is 0.657. The van der Waals surface area contributed by atoms with Gasteiger partial charge in [-0.3, -0.25) is 14.0 Å². The van der Waals surface area contributed by atoms with E-state index in [1.54, 1.807) is 4.90 Å². The lowest BCUT2D eigenvalue weighted by Gasteiger charge is -2.33. The first kappa shape index (κ1) is 19.7. The summed E-state index contributed by atoms with van der Waals surface area (Å²) in [4.78, 5) is 29.8. The lowest BCUT2D eigenvalue weighted by Crippen LogP contribution is -2.43. The van der Waals surface area contributed by atoms with Gasteiger partial charge in [-0.15, -0.1) is 10.2 Å². The number of amides is 2. The predicted octanol–water partition coefficient (Wildman–Crippen LogP) is 3.11. The molecule has 2 fully saturated rings. The summed E-state index contributed by atoms with van der Waals surface area (Å²) in [6.07, 6.45) is 4.17. The van der Waals surface area contributed by atoms with Crippen LogP contribution >= 0.6 is 0 Å². The first-order chi connectivity index (χ1) is 15.0. The maximum atomic E-state index is 13.3. The normalized spacial score (nSPS) is 21.8. The summed E-state index contributed by atoms with van der Waals surface area (Å²) >= 11 is 0. The van der Waals surface area contributed by atoms with Gasteiger partial charge in [-0.25, -0.2) is 0 Å². The van der Waals surface area contributed by atoms with Gasteiger partial charge in [-0.05, 0) is 62.1 Å². The van der Waals surface area contributed by atoms with Gasteiger partial charge in [-0.2, -0.15) is 0 Å². The Labute approximate surface area is 181 Å². The Kier molecular flexibility index (Phi) is 4.96. The molecule has 2 aliphatic heterocycles. The number of hydrogen-bond acceptors (Lipinski definition) is 4. The molecule has 2 aliphatic rings. The Morgan fingerprint density at radius 2 is 1.87 bits per heavy atom. The van der Waals surface area contributed by atoms with Gasteiger partial charge in [0.25, 0.3) is 0 Å². The van der Waals surface area contributed by atoms with Crippen molar-refractivity contribution in [3.8, 4) is 0 Å². The van der Waals surface area contributed by atoms with E-state index in [9.17, 15) is 9.59 Å². The molecule has 0 aliphatic carbocycles. The van der Waals surface area contributed by atoms with Crippen LogP contribution in [0.5, 0.6) is 0 Å². The number of aryl methyl sites for hydroxylation is 2. The van der Waals surface area contributed by atoms with Crippen LogP contribution in [-0.4, -0.2) is 50.9 Å². The number of anilines is 1. The Morgan fingerprint density at radius 1 is 1.06 bits per heavy atom. The number of aromatic nitrogens is 3. The topological polar surface area (TPSA) is 70.8 Å². The highest BCUT2D eigenvalue weighted by Gasteiger charge is 2.39. The van der Waals surface area contributed by atoms with E-state index in [0.29, 0.717) is 13.1 Å². The van der Waals surface area contributed by atoms with Crippen molar-refractivity contribution in [2.24, 2.45) is 5.92 Å². The summed E-state index contributed by atoms with van der Waals surface area (Å²) < 4.78 is 2.01. The Balaban J connectivity index is 1.31. The minimum atomic E-state index is -0.290. The molecule has 2 saturated heterocycles. The molecule has 0 saturated carbocycles. The van der Waals surface area contributed by atoms with Crippen molar-refractivity contribution in [1.29, 1.82) is 0 Å². The molecule has 0 radical (unpaired) electrons. The molecule has 2 amide bonds. The second-order valence-electron chi connectivity index (χ2n) is 8.86. The fourth-order valence-corrected chi connectivity index (χ4v) is 5.01. The van der Waals surface area contributed by atoms with Gasteiger partial charge in [-0.1, -0.05) is 12.1 Å². The lowest BCUT2D eigenvalue weighted by molar-refractivity contribution is -0.137. The second-order valence-corrected chi connectivity index (χ2v) is 8.86. The average molecular weight is 418 g/mol. The van der Waals surface area contributed by atoms with Gasteiger partial charge in [0.05, 0.1) is 5.92 Å². The zero-order chi connectivity index (χ0) is 21.5.